The van der Waals surface area contributed by atoms with Crippen LogP contribution in [0.3, 0.4) is 0 Å². The van der Waals surface area contributed by atoms with Gasteiger partial charge in [0.15, 0.2) is 5.82 Å². The summed E-state index contributed by atoms with van der Waals surface area (Å²) in [6.07, 6.45) is 4.10. The van der Waals surface area contributed by atoms with Crippen molar-refractivity contribution < 1.29 is 4.74 Å². The van der Waals surface area contributed by atoms with Crippen LogP contribution in [-0.4, -0.2) is 23.6 Å². The highest BCUT2D eigenvalue weighted by Gasteiger charge is 1.99. The van der Waals surface area contributed by atoms with E-state index in [9.17, 15) is 0 Å². The summed E-state index contributed by atoms with van der Waals surface area (Å²) < 4.78 is 5.02. The van der Waals surface area contributed by atoms with Crippen LogP contribution >= 0.6 is 0 Å². The SMILES string of the molecule is COc1cncc(Nc2ccc(CCN)cc2)n1. The van der Waals surface area contributed by atoms with E-state index in [2.05, 4.69) is 15.3 Å². The molecule has 0 aliphatic carbocycles. The van der Waals surface area contributed by atoms with E-state index in [1.165, 1.54) is 5.56 Å². The molecule has 18 heavy (non-hydrogen) atoms. The fourth-order valence-electron chi connectivity index (χ4n) is 1.58. The Balaban J connectivity index is 2.08. The number of nitrogens with two attached hydrogens (primary N) is 1. The van der Waals surface area contributed by atoms with E-state index in [4.69, 9.17) is 10.5 Å². The van der Waals surface area contributed by atoms with Crippen LogP contribution in [0.25, 0.3) is 0 Å². The van der Waals surface area contributed by atoms with Crippen LogP contribution in [-0.2, 0) is 6.42 Å². The van der Waals surface area contributed by atoms with Crippen molar-refractivity contribution in [2.24, 2.45) is 5.73 Å². The van der Waals surface area contributed by atoms with E-state index in [0.717, 1.165) is 12.1 Å². The molecule has 0 radical (unpaired) electrons. The van der Waals surface area contributed by atoms with Crippen LogP contribution < -0.4 is 15.8 Å². The molecule has 0 fully saturated rings. The summed E-state index contributed by atoms with van der Waals surface area (Å²) in [6.45, 7) is 0.661. The largest absolute Gasteiger partial charge is 0.480 e. The molecule has 94 valence electrons. The predicted molar refractivity (Wildman–Crippen MR) is 71.1 cm³/mol. The number of nitrogens with zero attached hydrogens (tertiary/aromatic N) is 2. The van der Waals surface area contributed by atoms with Crippen molar-refractivity contribution >= 4 is 11.5 Å². The average molecular weight is 244 g/mol. The first kappa shape index (κ1) is 12.3. The van der Waals surface area contributed by atoms with Crippen LogP contribution in [0, 0.1) is 0 Å². The van der Waals surface area contributed by atoms with Gasteiger partial charge in [-0.2, -0.15) is 4.98 Å². The number of hydrogen-bond donors (Lipinski definition) is 2. The normalized spacial score (nSPS) is 10.1. The lowest BCUT2D eigenvalue weighted by Gasteiger charge is -2.07. The van der Waals surface area contributed by atoms with Gasteiger partial charge < -0.3 is 15.8 Å². The fourth-order valence-corrected chi connectivity index (χ4v) is 1.58. The summed E-state index contributed by atoms with van der Waals surface area (Å²) in [5, 5.41) is 3.16. The van der Waals surface area contributed by atoms with Gasteiger partial charge in [0.05, 0.1) is 19.5 Å². The van der Waals surface area contributed by atoms with Crippen molar-refractivity contribution in [3.63, 3.8) is 0 Å². The smallest absolute Gasteiger partial charge is 0.233 e. The topological polar surface area (TPSA) is 73.1 Å². The number of benzene rings is 1. The lowest BCUT2D eigenvalue weighted by Crippen LogP contribution is -2.02. The molecule has 0 amide bonds. The van der Waals surface area contributed by atoms with Crippen molar-refractivity contribution in [2.45, 2.75) is 6.42 Å². The highest BCUT2D eigenvalue weighted by atomic mass is 16.5. The predicted octanol–water partition coefficient (Wildman–Crippen LogP) is 1.73. The molecule has 0 aliphatic heterocycles. The lowest BCUT2D eigenvalue weighted by molar-refractivity contribution is 0.396. The Labute approximate surface area is 106 Å². The molecule has 0 bridgehead atoms. The van der Waals surface area contributed by atoms with E-state index in [1.807, 2.05) is 24.3 Å². The minimum absolute atomic E-state index is 0.486. The number of aromatic nitrogens is 2. The quantitative estimate of drug-likeness (QED) is 0.838. The monoisotopic (exact) mass is 244 g/mol. The molecule has 1 heterocycles. The number of rotatable bonds is 5. The molecular weight excluding hydrogens is 228 g/mol. The van der Waals surface area contributed by atoms with Crippen molar-refractivity contribution in [3.05, 3.63) is 42.2 Å². The van der Waals surface area contributed by atoms with Crippen molar-refractivity contribution in [1.29, 1.82) is 0 Å². The van der Waals surface area contributed by atoms with Gasteiger partial charge >= 0.3 is 0 Å². The van der Waals surface area contributed by atoms with E-state index < -0.39 is 0 Å². The first-order valence-electron chi connectivity index (χ1n) is 5.74. The van der Waals surface area contributed by atoms with Crippen molar-refractivity contribution in [3.8, 4) is 5.88 Å². The zero-order chi connectivity index (χ0) is 12.8. The van der Waals surface area contributed by atoms with E-state index in [1.54, 1.807) is 19.5 Å². The molecule has 0 spiro atoms. The summed E-state index contributed by atoms with van der Waals surface area (Å²) in [4.78, 5) is 8.26. The van der Waals surface area contributed by atoms with Gasteiger partial charge in [0.2, 0.25) is 5.88 Å². The summed E-state index contributed by atoms with van der Waals surface area (Å²) in [7, 11) is 1.56. The average Bonchev–Trinajstić information content (AvgIpc) is 2.42. The molecular formula is C13H16N4O. The number of ether oxygens (including phenoxy) is 1. The number of anilines is 2. The summed E-state index contributed by atoms with van der Waals surface area (Å²) in [5.41, 5.74) is 7.69. The lowest BCUT2D eigenvalue weighted by atomic mass is 10.1. The molecule has 1 aromatic heterocycles. The summed E-state index contributed by atoms with van der Waals surface area (Å²) >= 11 is 0. The van der Waals surface area contributed by atoms with Gasteiger partial charge in [0, 0.05) is 5.69 Å². The number of nitrogens with one attached hydrogen (secondary N) is 1. The first-order valence-corrected chi connectivity index (χ1v) is 5.74. The van der Waals surface area contributed by atoms with Gasteiger partial charge in [-0.1, -0.05) is 12.1 Å². The highest BCUT2D eigenvalue weighted by molar-refractivity contribution is 5.55. The fraction of sp³-hybridized carbons (Fsp3) is 0.231. The molecule has 0 saturated heterocycles. The summed E-state index contributed by atoms with van der Waals surface area (Å²) in [6, 6.07) is 8.07. The van der Waals surface area contributed by atoms with Crippen LogP contribution in [0.5, 0.6) is 5.88 Å². The Morgan fingerprint density at radius 3 is 2.67 bits per heavy atom. The molecule has 0 saturated carbocycles. The third kappa shape index (κ3) is 3.18. The molecule has 2 rings (SSSR count). The minimum Gasteiger partial charge on any atom is -0.480 e. The Morgan fingerprint density at radius 2 is 2.00 bits per heavy atom. The third-order valence-electron chi connectivity index (χ3n) is 2.48. The third-order valence-corrected chi connectivity index (χ3v) is 2.48. The maximum absolute atomic E-state index is 5.51. The Bertz CT molecular complexity index is 499. The molecule has 3 N–H and O–H groups in total. The Kier molecular flexibility index (Phi) is 4.09. The zero-order valence-corrected chi connectivity index (χ0v) is 10.3. The van der Waals surface area contributed by atoms with Gasteiger partial charge in [-0.15, -0.1) is 0 Å². The summed E-state index contributed by atoms with van der Waals surface area (Å²) in [5.74, 6) is 1.14. The number of methoxy groups -OCH3 is 1. The molecule has 0 unspecified atom stereocenters. The maximum atomic E-state index is 5.51. The van der Waals surface area contributed by atoms with Crippen LogP contribution in [0.2, 0.25) is 0 Å². The van der Waals surface area contributed by atoms with E-state index in [-0.39, 0.29) is 0 Å². The van der Waals surface area contributed by atoms with Crippen LogP contribution in [0.15, 0.2) is 36.7 Å². The second-order valence-electron chi connectivity index (χ2n) is 3.81. The van der Waals surface area contributed by atoms with Crippen LogP contribution in [0.4, 0.5) is 11.5 Å². The van der Waals surface area contributed by atoms with Gasteiger partial charge in [-0.3, -0.25) is 4.98 Å². The minimum atomic E-state index is 0.486. The molecule has 0 atom stereocenters. The second kappa shape index (κ2) is 5.97. The second-order valence-corrected chi connectivity index (χ2v) is 3.81. The highest BCUT2D eigenvalue weighted by Crippen LogP contribution is 2.16. The van der Waals surface area contributed by atoms with Gasteiger partial charge in [0.25, 0.3) is 0 Å². The zero-order valence-electron chi connectivity index (χ0n) is 10.3. The first-order chi connectivity index (χ1) is 8.81. The number of hydrogen-bond acceptors (Lipinski definition) is 5. The maximum Gasteiger partial charge on any atom is 0.233 e. The van der Waals surface area contributed by atoms with E-state index in [0.29, 0.717) is 18.2 Å². The van der Waals surface area contributed by atoms with Gasteiger partial charge in [-0.05, 0) is 30.7 Å². The molecule has 1 aromatic carbocycles. The van der Waals surface area contributed by atoms with Gasteiger partial charge in [-0.25, -0.2) is 0 Å². The molecule has 0 aliphatic rings. The standard InChI is InChI=1S/C13H16N4O/c1-18-13-9-15-8-12(17-13)16-11-4-2-10(3-5-11)6-7-14/h2-5,8-9H,6-7,14H2,1H3,(H,16,17). The van der Waals surface area contributed by atoms with Crippen molar-refractivity contribution in [2.75, 3.05) is 19.0 Å². The van der Waals surface area contributed by atoms with Crippen LogP contribution in [0.1, 0.15) is 5.56 Å². The van der Waals surface area contributed by atoms with Crippen molar-refractivity contribution in [1.82, 2.24) is 9.97 Å². The molecule has 5 nitrogen and oxygen atoms in total. The molecule has 2 aromatic rings. The Hall–Kier alpha value is -2.14. The van der Waals surface area contributed by atoms with Gasteiger partial charge in [0.1, 0.15) is 0 Å². The van der Waals surface area contributed by atoms with E-state index >= 15 is 0 Å². The Morgan fingerprint density at radius 1 is 1.22 bits per heavy atom. The molecule has 5 heteroatoms.